The molecule has 0 amide bonds. The van der Waals surface area contributed by atoms with E-state index >= 15 is 0 Å². The second-order valence-corrected chi connectivity index (χ2v) is 5.84. The number of benzene rings is 2. The van der Waals surface area contributed by atoms with Crippen molar-refractivity contribution in [1.29, 1.82) is 0 Å². The number of carbonyl (C=O) groups is 3. The zero-order valence-corrected chi connectivity index (χ0v) is 13.9. The molecule has 0 aliphatic heterocycles. The fourth-order valence-corrected chi connectivity index (χ4v) is 2.27. The summed E-state index contributed by atoms with van der Waals surface area (Å²) in [4.78, 5) is 34.3. The predicted molar refractivity (Wildman–Crippen MR) is 90.0 cm³/mol. The second-order valence-electron chi connectivity index (χ2n) is 5.84. The van der Waals surface area contributed by atoms with Gasteiger partial charge in [-0.25, -0.2) is 14.4 Å². The molecule has 0 bridgehead atoms. The standard InChI is InChI=1S/C19H18O6/c1-11(2)13-5-3-12(4-6-13)10-25-19(24)14-7-8-15(17(20)21)16(9-14)18(22)23/h3-9,11H,10H2,1-2H3,(H,20,21)(H,22,23). The summed E-state index contributed by atoms with van der Waals surface area (Å²) in [6.07, 6.45) is 0. The summed E-state index contributed by atoms with van der Waals surface area (Å²) in [5.74, 6) is -3.11. The molecular weight excluding hydrogens is 324 g/mol. The van der Waals surface area contributed by atoms with Crippen LogP contribution in [0.1, 0.15) is 62.0 Å². The fourth-order valence-electron chi connectivity index (χ4n) is 2.27. The van der Waals surface area contributed by atoms with Crippen molar-refractivity contribution < 1.29 is 29.3 Å². The van der Waals surface area contributed by atoms with E-state index in [2.05, 4.69) is 13.8 Å². The molecular formula is C19H18O6. The molecule has 2 N–H and O–H groups in total. The van der Waals surface area contributed by atoms with E-state index in [9.17, 15) is 14.4 Å². The summed E-state index contributed by atoms with van der Waals surface area (Å²) >= 11 is 0. The monoisotopic (exact) mass is 342 g/mol. The molecule has 25 heavy (non-hydrogen) atoms. The molecule has 2 aromatic carbocycles. The van der Waals surface area contributed by atoms with Gasteiger partial charge in [-0.1, -0.05) is 38.1 Å². The molecule has 130 valence electrons. The van der Waals surface area contributed by atoms with Gasteiger partial charge in [0.15, 0.2) is 0 Å². The first-order chi connectivity index (χ1) is 11.8. The summed E-state index contributed by atoms with van der Waals surface area (Å²) < 4.78 is 5.17. The van der Waals surface area contributed by atoms with Crippen molar-refractivity contribution in [3.8, 4) is 0 Å². The number of ether oxygens (including phenoxy) is 1. The van der Waals surface area contributed by atoms with Crippen molar-refractivity contribution in [3.63, 3.8) is 0 Å². The van der Waals surface area contributed by atoms with Crippen LogP contribution in [0.5, 0.6) is 0 Å². The molecule has 0 aliphatic rings. The van der Waals surface area contributed by atoms with E-state index in [1.54, 1.807) is 0 Å². The van der Waals surface area contributed by atoms with Crippen molar-refractivity contribution >= 4 is 17.9 Å². The first-order valence-electron chi connectivity index (χ1n) is 7.66. The number of esters is 1. The first-order valence-corrected chi connectivity index (χ1v) is 7.66. The molecule has 0 aliphatic carbocycles. The van der Waals surface area contributed by atoms with E-state index in [0.717, 1.165) is 17.7 Å². The van der Waals surface area contributed by atoms with Crippen molar-refractivity contribution in [2.75, 3.05) is 0 Å². The Bertz CT molecular complexity index is 805. The van der Waals surface area contributed by atoms with Crippen LogP contribution in [0.25, 0.3) is 0 Å². The van der Waals surface area contributed by atoms with E-state index in [4.69, 9.17) is 14.9 Å². The van der Waals surface area contributed by atoms with Gasteiger partial charge in [0.1, 0.15) is 6.61 Å². The Morgan fingerprint density at radius 2 is 1.52 bits per heavy atom. The van der Waals surface area contributed by atoms with Crippen molar-refractivity contribution in [3.05, 3.63) is 70.3 Å². The highest BCUT2D eigenvalue weighted by atomic mass is 16.5. The molecule has 0 spiro atoms. The normalized spacial score (nSPS) is 10.5. The van der Waals surface area contributed by atoms with Crippen molar-refractivity contribution in [2.45, 2.75) is 26.4 Å². The van der Waals surface area contributed by atoms with Gasteiger partial charge in [-0.15, -0.1) is 0 Å². The Morgan fingerprint density at radius 1 is 0.920 bits per heavy atom. The molecule has 0 saturated carbocycles. The summed E-state index contributed by atoms with van der Waals surface area (Å²) in [5.41, 5.74) is 1.13. The van der Waals surface area contributed by atoms with E-state index in [1.807, 2.05) is 24.3 Å². The zero-order chi connectivity index (χ0) is 18.6. The van der Waals surface area contributed by atoms with E-state index in [0.29, 0.717) is 5.92 Å². The maximum Gasteiger partial charge on any atom is 0.338 e. The summed E-state index contributed by atoms with van der Waals surface area (Å²) in [7, 11) is 0. The number of carboxylic acids is 2. The van der Waals surface area contributed by atoms with Gasteiger partial charge in [0.05, 0.1) is 16.7 Å². The number of hydrogen-bond donors (Lipinski definition) is 2. The molecule has 6 nitrogen and oxygen atoms in total. The van der Waals surface area contributed by atoms with Crippen molar-refractivity contribution in [2.24, 2.45) is 0 Å². The summed E-state index contributed by atoms with van der Waals surface area (Å²) in [6, 6.07) is 11.0. The Balaban J connectivity index is 2.11. The van der Waals surface area contributed by atoms with Crippen LogP contribution in [-0.2, 0) is 11.3 Å². The number of carboxylic acid groups (broad SMARTS) is 2. The molecule has 6 heteroatoms. The highest BCUT2D eigenvalue weighted by Gasteiger charge is 2.19. The Labute approximate surface area is 144 Å². The average Bonchev–Trinajstić information content (AvgIpc) is 2.59. The third-order valence-electron chi connectivity index (χ3n) is 3.73. The number of rotatable bonds is 6. The lowest BCUT2D eigenvalue weighted by Gasteiger charge is -2.09. The largest absolute Gasteiger partial charge is 0.478 e. The quantitative estimate of drug-likeness (QED) is 0.778. The highest BCUT2D eigenvalue weighted by Crippen LogP contribution is 2.17. The lowest BCUT2D eigenvalue weighted by Crippen LogP contribution is -2.12. The lowest BCUT2D eigenvalue weighted by molar-refractivity contribution is 0.0471. The molecule has 0 aromatic heterocycles. The Hall–Kier alpha value is -3.15. The van der Waals surface area contributed by atoms with Gasteiger partial charge in [0, 0.05) is 0 Å². The predicted octanol–water partition coefficient (Wildman–Crippen LogP) is 3.56. The molecule has 2 aromatic rings. The van der Waals surface area contributed by atoms with Crippen LogP contribution < -0.4 is 0 Å². The highest BCUT2D eigenvalue weighted by molar-refractivity contribution is 6.03. The molecule has 0 radical (unpaired) electrons. The van der Waals surface area contributed by atoms with Crippen LogP contribution in [0.4, 0.5) is 0 Å². The number of hydrogen-bond acceptors (Lipinski definition) is 4. The minimum absolute atomic E-state index is 0.0128. The SMILES string of the molecule is CC(C)c1ccc(COC(=O)c2ccc(C(=O)O)c(C(=O)O)c2)cc1. The third kappa shape index (κ3) is 4.44. The van der Waals surface area contributed by atoms with Gasteiger partial charge >= 0.3 is 17.9 Å². The Morgan fingerprint density at radius 3 is 2.04 bits per heavy atom. The van der Waals surface area contributed by atoms with Gasteiger partial charge in [0.25, 0.3) is 0 Å². The maximum atomic E-state index is 12.1. The second kappa shape index (κ2) is 7.61. The van der Waals surface area contributed by atoms with Gasteiger partial charge in [-0.05, 0) is 35.2 Å². The molecule has 0 saturated heterocycles. The zero-order valence-electron chi connectivity index (χ0n) is 13.9. The molecule has 0 heterocycles. The minimum Gasteiger partial charge on any atom is -0.478 e. The fraction of sp³-hybridized carbons (Fsp3) is 0.211. The average molecular weight is 342 g/mol. The first kappa shape index (κ1) is 18.2. The van der Waals surface area contributed by atoms with Crippen LogP contribution in [0.3, 0.4) is 0 Å². The lowest BCUT2D eigenvalue weighted by atomic mass is 10.0. The maximum absolute atomic E-state index is 12.1. The van der Waals surface area contributed by atoms with E-state index in [1.165, 1.54) is 11.6 Å². The molecule has 0 fully saturated rings. The molecule has 2 rings (SSSR count). The smallest absolute Gasteiger partial charge is 0.338 e. The van der Waals surface area contributed by atoms with Gasteiger partial charge in [-0.3, -0.25) is 0 Å². The Kier molecular flexibility index (Phi) is 5.54. The van der Waals surface area contributed by atoms with Gasteiger partial charge in [0.2, 0.25) is 0 Å². The number of carbonyl (C=O) groups excluding carboxylic acids is 1. The van der Waals surface area contributed by atoms with Crippen LogP contribution >= 0.6 is 0 Å². The van der Waals surface area contributed by atoms with Crippen LogP contribution in [0.15, 0.2) is 42.5 Å². The molecule has 0 unspecified atom stereocenters. The van der Waals surface area contributed by atoms with Crippen LogP contribution in [0.2, 0.25) is 0 Å². The number of aromatic carboxylic acids is 2. The van der Waals surface area contributed by atoms with Crippen molar-refractivity contribution in [1.82, 2.24) is 0 Å². The topological polar surface area (TPSA) is 101 Å². The van der Waals surface area contributed by atoms with Gasteiger partial charge < -0.3 is 14.9 Å². The third-order valence-corrected chi connectivity index (χ3v) is 3.73. The minimum atomic E-state index is -1.42. The summed E-state index contributed by atoms with van der Waals surface area (Å²) in [6.45, 7) is 4.20. The van der Waals surface area contributed by atoms with E-state index in [-0.39, 0.29) is 17.7 Å². The summed E-state index contributed by atoms with van der Waals surface area (Å²) in [5, 5.41) is 18.1. The van der Waals surface area contributed by atoms with Crippen LogP contribution in [-0.4, -0.2) is 28.1 Å². The van der Waals surface area contributed by atoms with E-state index < -0.39 is 23.5 Å². The van der Waals surface area contributed by atoms with Gasteiger partial charge in [-0.2, -0.15) is 0 Å². The van der Waals surface area contributed by atoms with Crippen LogP contribution in [0, 0.1) is 0 Å². The molecule has 0 atom stereocenters.